The van der Waals surface area contributed by atoms with Crippen LogP contribution >= 0.6 is 11.3 Å². The van der Waals surface area contributed by atoms with Gasteiger partial charge in [-0.25, -0.2) is 5.84 Å². The summed E-state index contributed by atoms with van der Waals surface area (Å²) < 4.78 is 2.26. The summed E-state index contributed by atoms with van der Waals surface area (Å²) in [5.74, 6) is 4.91. The molecule has 0 saturated heterocycles. The first-order valence-corrected chi connectivity index (χ1v) is 7.15. The van der Waals surface area contributed by atoms with Crippen molar-refractivity contribution in [3.8, 4) is 0 Å². The molecular formula is C15H15N3OS. The van der Waals surface area contributed by atoms with E-state index in [1.807, 2.05) is 24.3 Å². The monoisotopic (exact) mass is 285 g/mol. The molecule has 2 aromatic heterocycles. The molecule has 0 radical (unpaired) electrons. The number of para-hydroxylation sites is 1. The quantitative estimate of drug-likeness (QED) is 0.441. The number of thiophene rings is 1. The first-order chi connectivity index (χ1) is 9.69. The second-order valence-corrected chi connectivity index (χ2v) is 5.84. The molecule has 5 heteroatoms. The number of aromatic nitrogens is 1. The molecular weight excluding hydrogens is 270 g/mol. The third-order valence-electron chi connectivity index (χ3n) is 3.35. The predicted octanol–water partition coefficient (Wildman–Crippen LogP) is 2.66. The van der Waals surface area contributed by atoms with Gasteiger partial charge in [0.2, 0.25) is 0 Å². The van der Waals surface area contributed by atoms with Gasteiger partial charge < -0.3 is 4.57 Å². The molecule has 2 heterocycles. The Morgan fingerprint density at radius 1 is 1.30 bits per heavy atom. The summed E-state index contributed by atoms with van der Waals surface area (Å²) in [6.07, 6.45) is 0. The van der Waals surface area contributed by atoms with Gasteiger partial charge in [0, 0.05) is 16.1 Å². The molecule has 20 heavy (non-hydrogen) atoms. The van der Waals surface area contributed by atoms with Gasteiger partial charge in [0.1, 0.15) is 0 Å². The first kappa shape index (κ1) is 12.9. The summed E-state index contributed by atoms with van der Waals surface area (Å²) in [7, 11) is 0. The lowest BCUT2D eigenvalue weighted by Gasteiger charge is -2.06. The molecule has 1 aromatic carbocycles. The van der Waals surface area contributed by atoms with Gasteiger partial charge in [0.25, 0.3) is 5.91 Å². The van der Waals surface area contributed by atoms with Gasteiger partial charge in [-0.1, -0.05) is 18.2 Å². The maximum absolute atomic E-state index is 11.5. The Balaban J connectivity index is 1.95. The number of rotatable bonds is 3. The highest BCUT2D eigenvalue weighted by Gasteiger charge is 2.10. The predicted molar refractivity (Wildman–Crippen MR) is 81.7 cm³/mol. The van der Waals surface area contributed by atoms with E-state index in [0.717, 1.165) is 11.4 Å². The lowest BCUT2D eigenvalue weighted by atomic mass is 10.2. The van der Waals surface area contributed by atoms with Crippen LogP contribution in [0.1, 0.15) is 20.2 Å². The topological polar surface area (TPSA) is 60.0 Å². The molecule has 0 fully saturated rings. The van der Waals surface area contributed by atoms with E-state index in [-0.39, 0.29) is 5.91 Å². The minimum atomic E-state index is -0.240. The second-order valence-electron chi connectivity index (χ2n) is 4.67. The van der Waals surface area contributed by atoms with Crippen molar-refractivity contribution < 1.29 is 4.79 Å². The second kappa shape index (κ2) is 5.11. The van der Waals surface area contributed by atoms with Gasteiger partial charge in [-0.05, 0) is 36.6 Å². The zero-order chi connectivity index (χ0) is 14.1. The fourth-order valence-electron chi connectivity index (χ4n) is 2.37. The van der Waals surface area contributed by atoms with Crippen LogP contribution in [0.4, 0.5) is 0 Å². The van der Waals surface area contributed by atoms with Crippen LogP contribution in [0, 0.1) is 6.92 Å². The highest BCUT2D eigenvalue weighted by molar-refractivity contribution is 7.14. The number of nitrogens with zero attached hydrogens (tertiary/aromatic N) is 1. The van der Waals surface area contributed by atoms with Crippen molar-refractivity contribution in [1.82, 2.24) is 9.99 Å². The number of fused-ring (bicyclic) bond motifs is 1. The molecule has 102 valence electrons. The Bertz CT molecular complexity index is 772. The van der Waals surface area contributed by atoms with Gasteiger partial charge in [-0.2, -0.15) is 0 Å². The maximum atomic E-state index is 11.5. The van der Waals surface area contributed by atoms with Gasteiger partial charge in [0.15, 0.2) is 0 Å². The van der Waals surface area contributed by atoms with E-state index in [4.69, 9.17) is 5.84 Å². The Morgan fingerprint density at radius 3 is 2.90 bits per heavy atom. The molecule has 0 saturated carbocycles. The summed E-state index contributed by atoms with van der Waals surface area (Å²) in [5.41, 5.74) is 4.58. The zero-order valence-electron chi connectivity index (χ0n) is 11.1. The lowest BCUT2D eigenvalue weighted by molar-refractivity contribution is 0.0957. The number of hydrazine groups is 1. The van der Waals surface area contributed by atoms with Gasteiger partial charge >= 0.3 is 0 Å². The molecule has 3 rings (SSSR count). The Kier molecular flexibility index (Phi) is 3.30. The smallest absolute Gasteiger partial charge is 0.275 e. The summed E-state index contributed by atoms with van der Waals surface area (Å²) in [6.45, 7) is 2.86. The highest BCUT2D eigenvalue weighted by Crippen LogP contribution is 2.23. The number of benzene rings is 1. The van der Waals surface area contributed by atoms with Gasteiger partial charge in [-0.3, -0.25) is 10.2 Å². The van der Waals surface area contributed by atoms with Gasteiger partial charge in [-0.15, -0.1) is 11.3 Å². The molecule has 0 bridgehead atoms. The number of carbonyl (C=O) groups excluding carboxylic acids is 1. The minimum Gasteiger partial charge on any atom is -0.340 e. The van der Waals surface area contributed by atoms with E-state index in [9.17, 15) is 4.79 Å². The van der Waals surface area contributed by atoms with Crippen molar-refractivity contribution >= 4 is 28.1 Å². The van der Waals surface area contributed by atoms with Crippen molar-refractivity contribution in [2.75, 3.05) is 0 Å². The molecule has 0 spiro atoms. The normalized spacial score (nSPS) is 10.9. The number of nitrogens with two attached hydrogens (primary N) is 1. The van der Waals surface area contributed by atoms with Crippen LogP contribution in [0.2, 0.25) is 0 Å². The van der Waals surface area contributed by atoms with Crippen LogP contribution in [-0.4, -0.2) is 10.5 Å². The van der Waals surface area contributed by atoms with Crippen molar-refractivity contribution in [2.45, 2.75) is 13.5 Å². The molecule has 3 N–H and O–H groups in total. The number of hydrogen-bond donors (Lipinski definition) is 2. The lowest BCUT2D eigenvalue weighted by Crippen LogP contribution is -2.29. The summed E-state index contributed by atoms with van der Waals surface area (Å²) in [6, 6.07) is 14.3. The van der Waals surface area contributed by atoms with Crippen LogP contribution < -0.4 is 11.3 Å². The fraction of sp³-hybridized carbons (Fsp3) is 0.133. The van der Waals surface area contributed by atoms with E-state index < -0.39 is 0 Å². The van der Waals surface area contributed by atoms with Crippen LogP contribution in [0.3, 0.4) is 0 Å². The zero-order valence-corrected chi connectivity index (χ0v) is 11.9. The molecule has 0 unspecified atom stereocenters. The standard InChI is InChI=1S/C15H15N3OS/c1-10-8-11-4-2-3-5-13(11)18(10)9-12-6-7-14(20-12)15(19)17-16/h2-8H,9,16H2,1H3,(H,17,19). The van der Waals surface area contributed by atoms with Crippen LogP contribution in [0.15, 0.2) is 42.5 Å². The van der Waals surface area contributed by atoms with Crippen LogP contribution in [0.5, 0.6) is 0 Å². The van der Waals surface area contributed by atoms with Crippen molar-refractivity contribution in [3.63, 3.8) is 0 Å². The molecule has 0 atom stereocenters. The number of nitrogen functional groups attached to an aromatic ring is 1. The van der Waals surface area contributed by atoms with E-state index in [1.54, 1.807) is 0 Å². The number of carbonyl (C=O) groups is 1. The van der Waals surface area contributed by atoms with Crippen molar-refractivity contribution in [1.29, 1.82) is 0 Å². The summed E-state index contributed by atoms with van der Waals surface area (Å²) >= 11 is 1.47. The maximum Gasteiger partial charge on any atom is 0.275 e. The number of amides is 1. The van der Waals surface area contributed by atoms with E-state index in [2.05, 4.69) is 35.1 Å². The SMILES string of the molecule is Cc1cc2ccccc2n1Cc1ccc(C(=O)NN)s1. The number of aryl methyl sites for hydroxylation is 1. The highest BCUT2D eigenvalue weighted by atomic mass is 32.1. The molecule has 4 nitrogen and oxygen atoms in total. The van der Waals surface area contributed by atoms with E-state index >= 15 is 0 Å². The first-order valence-electron chi connectivity index (χ1n) is 6.33. The average Bonchev–Trinajstić information content (AvgIpc) is 3.04. The molecule has 3 aromatic rings. The minimum absolute atomic E-state index is 0.240. The van der Waals surface area contributed by atoms with E-state index in [1.165, 1.54) is 27.9 Å². The number of nitrogens with one attached hydrogen (secondary N) is 1. The molecule has 0 aliphatic rings. The molecule has 1 amide bonds. The Hall–Kier alpha value is -2.11. The Morgan fingerprint density at radius 2 is 2.10 bits per heavy atom. The average molecular weight is 285 g/mol. The fourth-order valence-corrected chi connectivity index (χ4v) is 3.27. The van der Waals surface area contributed by atoms with Crippen LogP contribution in [0.25, 0.3) is 10.9 Å². The number of hydrogen-bond acceptors (Lipinski definition) is 3. The van der Waals surface area contributed by atoms with Crippen molar-refractivity contribution in [3.05, 3.63) is 57.9 Å². The summed E-state index contributed by atoms with van der Waals surface area (Å²) in [4.78, 5) is 13.2. The molecule has 0 aliphatic heterocycles. The third kappa shape index (κ3) is 2.21. The summed E-state index contributed by atoms with van der Waals surface area (Å²) in [5, 5.41) is 1.24. The van der Waals surface area contributed by atoms with Crippen molar-refractivity contribution in [2.24, 2.45) is 5.84 Å². The van der Waals surface area contributed by atoms with Gasteiger partial charge in [0.05, 0.1) is 11.4 Å². The van der Waals surface area contributed by atoms with Crippen LogP contribution in [-0.2, 0) is 6.54 Å². The molecule has 0 aliphatic carbocycles. The largest absolute Gasteiger partial charge is 0.340 e. The third-order valence-corrected chi connectivity index (χ3v) is 4.42. The Labute approximate surface area is 120 Å². The van der Waals surface area contributed by atoms with E-state index in [0.29, 0.717) is 4.88 Å².